The zero-order valence-electron chi connectivity index (χ0n) is 24.4. The molecule has 3 aromatic rings. The maximum atomic E-state index is 12.7. The monoisotopic (exact) mass is 593 g/mol. The van der Waals surface area contributed by atoms with Gasteiger partial charge in [0.25, 0.3) is 0 Å². The average molecular weight is 594 g/mol. The van der Waals surface area contributed by atoms with Crippen LogP contribution in [0, 0.1) is 31.4 Å². The van der Waals surface area contributed by atoms with E-state index in [-0.39, 0.29) is 24.1 Å². The van der Waals surface area contributed by atoms with E-state index in [1.165, 1.54) is 30.6 Å². The normalized spacial score (nSPS) is 13.1. The van der Waals surface area contributed by atoms with Gasteiger partial charge in [-0.3, -0.25) is 14.6 Å². The van der Waals surface area contributed by atoms with Crippen molar-refractivity contribution < 1.29 is 27.9 Å². The molecule has 11 heteroatoms. The van der Waals surface area contributed by atoms with Crippen molar-refractivity contribution in [2.75, 3.05) is 18.9 Å². The van der Waals surface area contributed by atoms with Crippen molar-refractivity contribution >= 4 is 37.0 Å². The molecule has 1 fully saturated rings. The molecule has 0 unspecified atom stereocenters. The predicted octanol–water partition coefficient (Wildman–Crippen LogP) is 5.40. The quantitative estimate of drug-likeness (QED) is 0.164. The lowest BCUT2D eigenvalue weighted by molar-refractivity contribution is -0.127. The van der Waals surface area contributed by atoms with Gasteiger partial charge in [-0.2, -0.15) is 0 Å². The largest absolute Gasteiger partial charge is 0.457 e. The summed E-state index contributed by atoms with van der Waals surface area (Å²) in [5.41, 5.74) is 6.62. The molecule has 1 atom stereocenters. The smallest absolute Gasteiger partial charge is 0.222 e. The van der Waals surface area contributed by atoms with Crippen LogP contribution in [0.4, 0.5) is 14.5 Å². The number of hydrogen-bond donors (Lipinski definition) is 2. The lowest BCUT2D eigenvalue weighted by Gasteiger charge is -2.13. The van der Waals surface area contributed by atoms with Gasteiger partial charge in [-0.05, 0) is 80.9 Å². The summed E-state index contributed by atoms with van der Waals surface area (Å²) >= 11 is 0. The topological polar surface area (TPSA) is 126 Å². The highest BCUT2D eigenvalue weighted by atomic mass is 19.1. The standard InChI is InChI=1S/C13H10FNO2.C7H7F.C6H11NO.C4H7N3O.C2H2/c14-10-1-5-12(6-2-10)17-13-7-3-11(4-8-13)15-9-16;1-6-2-4-7(8)5-3-6;1-5-3-4-6(8)7(5)2;5-3-7-4-6-1-2-8;1-2/h1-9H,(H,15,16);2-5H,1H3;5H,3-4H2,1-2H3;2-4H,1H2,(H2,5,6,7);1-2H/t;;5-;;/m..1../s1. The minimum atomic E-state index is -0.303. The molecule has 0 bridgehead atoms. The first-order valence-corrected chi connectivity index (χ1v) is 12.9. The first-order valence-electron chi connectivity index (χ1n) is 12.9. The van der Waals surface area contributed by atoms with Gasteiger partial charge in [0, 0.05) is 25.2 Å². The third-order valence-corrected chi connectivity index (χ3v) is 5.38. The number of halogens is 2. The van der Waals surface area contributed by atoms with Gasteiger partial charge in [0.05, 0.1) is 12.9 Å². The number of terminal acetylenes is 1. The number of likely N-dealkylation sites (tertiary alicyclic amines) is 1. The van der Waals surface area contributed by atoms with Gasteiger partial charge in [0.1, 0.15) is 35.8 Å². The minimum absolute atomic E-state index is 0.150. The van der Waals surface area contributed by atoms with Gasteiger partial charge in [-0.15, -0.1) is 12.8 Å². The maximum Gasteiger partial charge on any atom is 0.222 e. The summed E-state index contributed by atoms with van der Waals surface area (Å²) in [4.78, 5) is 39.2. The van der Waals surface area contributed by atoms with Crippen molar-refractivity contribution in [3.05, 3.63) is 90.0 Å². The number of anilines is 1. The number of rotatable bonds is 7. The fraction of sp³-hybridized carbons (Fsp3) is 0.219. The van der Waals surface area contributed by atoms with E-state index < -0.39 is 0 Å². The van der Waals surface area contributed by atoms with Gasteiger partial charge in [-0.1, -0.05) is 17.7 Å². The molecule has 228 valence electrons. The van der Waals surface area contributed by atoms with E-state index in [0.29, 0.717) is 35.9 Å². The number of carbonyl (C=O) groups excluding carboxylic acids is 3. The van der Waals surface area contributed by atoms with E-state index in [1.807, 2.05) is 14.0 Å². The second-order valence-corrected chi connectivity index (χ2v) is 8.48. The Hall–Kier alpha value is -5.37. The summed E-state index contributed by atoms with van der Waals surface area (Å²) in [6.45, 7) is 4.15. The molecule has 43 heavy (non-hydrogen) atoms. The van der Waals surface area contributed by atoms with Crippen LogP contribution in [0.25, 0.3) is 0 Å². The molecule has 1 saturated heterocycles. The van der Waals surface area contributed by atoms with E-state index >= 15 is 0 Å². The molecule has 0 aromatic heterocycles. The van der Waals surface area contributed by atoms with Crippen LogP contribution in [0.5, 0.6) is 11.5 Å². The van der Waals surface area contributed by atoms with Crippen LogP contribution >= 0.6 is 0 Å². The number of nitrogens with two attached hydrogens (primary N) is 1. The Morgan fingerprint density at radius 2 is 1.49 bits per heavy atom. The van der Waals surface area contributed by atoms with Gasteiger partial charge in [0.2, 0.25) is 12.3 Å². The van der Waals surface area contributed by atoms with Crippen LogP contribution in [0.2, 0.25) is 0 Å². The van der Waals surface area contributed by atoms with Crippen LogP contribution in [0.3, 0.4) is 0 Å². The molecule has 0 radical (unpaired) electrons. The Balaban J connectivity index is 0.000000577. The maximum absolute atomic E-state index is 12.7. The van der Waals surface area contributed by atoms with Gasteiger partial charge in [-0.25, -0.2) is 13.8 Å². The van der Waals surface area contributed by atoms with E-state index in [9.17, 15) is 23.2 Å². The molecule has 2 amide bonds. The molecule has 1 heterocycles. The Morgan fingerprint density at radius 3 is 1.86 bits per heavy atom. The van der Waals surface area contributed by atoms with Crippen LogP contribution < -0.4 is 15.8 Å². The van der Waals surface area contributed by atoms with Gasteiger partial charge in [0.15, 0.2) is 0 Å². The van der Waals surface area contributed by atoms with Crippen molar-refractivity contribution in [3.8, 4) is 24.3 Å². The third kappa shape index (κ3) is 17.8. The van der Waals surface area contributed by atoms with Gasteiger partial charge >= 0.3 is 0 Å². The molecule has 3 N–H and O–H groups in total. The molecule has 0 aliphatic carbocycles. The van der Waals surface area contributed by atoms with E-state index in [0.717, 1.165) is 24.7 Å². The van der Waals surface area contributed by atoms with Crippen molar-refractivity contribution in [1.82, 2.24) is 4.90 Å². The SMILES string of the molecule is C#C.C[C@@H]1CCC(=O)N1C.Cc1ccc(F)cc1.NC=NC=NCC=O.O=CNc1ccc(Oc2ccc(F)cc2)cc1. The summed E-state index contributed by atoms with van der Waals surface area (Å²) in [5.74, 6) is 0.992. The van der Waals surface area contributed by atoms with Crippen molar-refractivity contribution in [2.45, 2.75) is 32.7 Å². The minimum Gasteiger partial charge on any atom is -0.457 e. The molecule has 0 spiro atoms. The number of aldehydes is 1. The summed E-state index contributed by atoms with van der Waals surface area (Å²) in [5, 5.41) is 2.52. The number of amides is 2. The Bertz CT molecular complexity index is 1260. The van der Waals surface area contributed by atoms with Gasteiger partial charge < -0.3 is 25.5 Å². The van der Waals surface area contributed by atoms with Crippen LogP contribution in [0.15, 0.2) is 82.8 Å². The molecular formula is C32H37F2N5O4. The zero-order valence-corrected chi connectivity index (χ0v) is 24.4. The number of aliphatic imine (C=N–C) groups is 2. The van der Waals surface area contributed by atoms with E-state index in [2.05, 4.69) is 35.1 Å². The van der Waals surface area contributed by atoms with Crippen molar-refractivity contribution in [2.24, 2.45) is 15.7 Å². The Labute approximate surface area is 251 Å². The van der Waals surface area contributed by atoms with Crippen LogP contribution in [-0.4, -0.2) is 55.8 Å². The molecule has 9 nitrogen and oxygen atoms in total. The molecule has 0 saturated carbocycles. The molecule has 1 aliphatic heterocycles. The van der Waals surface area contributed by atoms with E-state index in [1.54, 1.807) is 53.4 Å². The molecule has 4 rings (SSSR count). The Kier molecular flexibility index (Phi) is 20.4. The molecule has 1 aliphatic rings. The number of benzene rings is 3. The number of ether oxygens (including phenoxy) is 1. The first kappa shape index (κ1) is 37.6. The number of carbonyl (C=O) groups is 3. The van der Waals surface area contributed by atoms with Crippen molar-refractivity contribution in [1.29, 1.82) is 0 Å². The highest BCUT2D eigenvalue weighted by Crippen LogP contribution is 2.23. The average Bonchev–Trinajstić information content (AvgIpc) is 3.32. The fourth-order valence-electron chi connectivity index (χ4n) is 2.98. The highest BCUT2D eigenvalue weighted by Gasteiger charge is 2.22. The summed E-state index contributed by atoms with van der Waals surface area (Å²) in [6, 6.07) is 19.5. The summed E-state index contributed by atoms with van der Waals surface area (Å²) in [6.07, 6.45) is 13.4. The number of hydrogen-bond acceptors (Lipinski definition) is 5. The fourth-order valence-corrected chi connectivity index (χ4v) is 2.98. The van der Waals surface area contributed by atoms with Crippen LogP contribution in [-0.2, 0) is 14.4 Å². The lowest BCUT2D eigenvalue weighted by Crippen LogP contribution is -2.25. The molecule has 3 aromatic carbocycles. The number of aryl methyl sites for hydroxylation is 1. The second kappa shape index (κ2) is 23.3. The number of nitrogens with one attached hydrogen (secondary N) is 1. The lowest BCUT2D eigenvalue weighted by atomic mass is 10.2. The third-order valence-electron chi connectivity index (χ3n) is 5.38. The van der Waals surface area contributed by atoms with Crippen molar-refractivity contribution in [3.63, 3.8) is 0 Å². The molecular weight excluding hydrogens is 556 g/mol. The predicted molar refractivity (Wildman–Crippen MR) is 167 cm³/mol. The Morgan fingerprint density at radius 1 is 0.977 bits per heavy atom. The van der Waals surface area contributed by atoms with E-state index in [4.69, 9.17) is 10.5 Å². The number of nitrogens with zero attached hydrogens (tertiary/aromatic N) is 3. The summed E-state index contributed by atoms with van der Waals surface area (Å²) in [7, 11) is 1.86. The first-order chi connectivity index (χ1) is 20.7. The van der Waals surface area contributed by atoms with Crippen LogP contribution in [0.1, 0.15) is 25.3 Å². The summed E-state index contributed by atoms with van der Waals surface area (Å²) < 4.78 is 30.2. The highest BCUT2D eigenvalue weighted by molar-refractivity contribution is 5.78. The second-order valence-electron chi connectivity index (χ2n) is 8.48. The zero-order chi connectivity index (χ0) is 32.5.